The Kier molecular flexibility index (Phi) is 4.83. The molecule has 0 amide bonds. The van der Waals surface area contributed by atoms with Crippen LogP contribution in [-0.2, 0) is 4.74 Å². The molecule has 2 fully saturated rings. The van der Waals surface area contributed by atoms with Gasteiger partial charge in [0.25, 0.3) is 0 Å². The standard InChI is InChI=1S/C14H27NO2/c1-2-4-13-5-3-7-15(8-6-13)9-14(10-16)11-17-12-14/h13,16H,2-12H2,1H3/t13-/m0/s1. The van der Waals surface area contributed by atoms with Crippen molar-refractivity contribution in [3.05, 3.63) is 0 Å². The van der Waals surface area contributed by atoms with Crippen LogP contribution in [0.25, 0.3) is 0 Å². The van der Waals surface area contributed by atoms with Gasteiger partial charge in [-0.25, -0.2) is 0 Å². The Balaban J connectivity index is 1.78. The van der Waals surface area contributed by atoms with E-state index in [1.54, 1.807) is 0 Å². The van der Waals surface area contributed by atoms with Crippen LogP contribution in [0, 0.1) is 11.3 Å². The van der Waals surface area contributed by atoms with Crippen LogP contribution in [0.2, 0.25) is 0 Å². The number of hydrogen-bond donors (Lipinski definition) is 1. The molecule has 2 rings (SSSR count). The summed E-state index contributed by atoms with van der Waals surface area (Å²) in [5.74, 6) is 0.938. The minimum absolute atomic E-state index is 0.0601. The summed E-state index contributed by atoms with van der Waals surface area (Å²) < 4.78 is 5.27. The molecule has 2 heterocycles. The van der Waals surface area contributed by atoms with Crippen molar-refractivity contribution in [1.29, 1.82) is 0 Å². The van der Waals surface area contributed by atoms with Gasteiger partial charge in [0.2, 0.25) is 0 Å². The lowest BCUT2D eigenvalue weighted by Gasteiger charge is -2.43. The summed E-state index contributed by atoms with van der Waals surface area (Å²) in [6.45, 7) is 7.52. The minimum atomic E-state index is 0.0601. The second-order valence-corrected chi connectivity index (χ2v) is 6.01. The van der Waals surface area contributed by atoms with E-state index in [9.17, 15) is 5.11 Å². The topological polar surface area (TPSA) is 32.7 Å². The third kappa shape index (κ3) is 3.43. The molecular formula is C14H27NO2. The molecular weight excluding hydrogens is 214 g/mol. The average Bonchev–Trinajstić information content (AvgIpc) is 2.50. The van der Waals surface area contributed by atoms with E-state index in [0.717, 1.165) is 25.7 Å². The Bertz CT molecular complexity index is 223. The molecule has 0 unspecified atom stereocenters. The molecule has 2 aliphatic rings. The van der Waals surface area contributed by atoms with Gasteiger partial charge in [0.15, 0.2) is 0 Å². The molecule has 1 atom stereocenters. The lowest BCUT2D eigenvalue weighted by molar-refractivity contribution is -0.148. The lowest BCUT2D eigenvalue weighted by atomic mass is 9.86. The van der Waals surface area contributed by atoms with Gasteiger partial charge in [0, 0.05) is 6.54 Å². The van der Waals surface area contributed by atoms with Crippen LogP contribution in [0.3, 0.4) is 0 Å². The Morgan fingerprint density at radius 3 is 2.71 bits per heavy atom. The summed E-state index contributed by atoms with van der Waals surface area (Å²) in [5.41, 5.74) is 0.0601. The maximum atomic E-state index is 9.47. The van der Waals surface area contributed by atoms with E-state index < -0.39 is 0 Å². The van der Waals surface area contributed by atoms with Gasteiger partial charge in [-0.1, -0.05) is 19.8 Å². The van der Waals surface area contributed by atoms with Crippen molar-refractivity contribution in [3.8, 4) is 0 Å². The third-order valence-corrected chi connectivity index (χ3v) is 4.35. The summed E-state index contributed by atoms with van der Waals surface area (Å²) in [6.07, 6.45) is 6.78. The SMILES string of the molecule is CCC[C@H]1CCCN(CC2(CO)COC2)CC1. The quantitative estimate of drug-likeness (QED) is 0.798. The fraction of sp³-hybridized carbons (Fsp3) is 1.00. The van der Waals surface area contributed by atoms with E-state index in [0.29, 0.717) is 0 Å². The van der Waals surface area contributed by atoms with Crippen molar-refractivity contribution in [1.82, 2.24) is 4.90 Å². The van der Waals surface area contributed by atoms with Crippen molar-refractivity contribution in [3.63, 3.8) is 0 Å². The smallest absolute Gasteiger partial charge is 0.0579 e. The number of hydrogen-bond acceptors (Lipinski definition) is 3. The van der Waals surface area contributed by atoms with E-state index in [2.05, 4.69) is 11.8 Å². The normalized spacial score (nSPS) is 29.6. The minimum Gasteiger partial charge on any atom is -0.396 e. The number of aliphatic hydroxyl groups excluding tert-OH is 1. The molecule has 1 N–H and O–H groups in total. The monoisotopic (exact) mass is 241 g/mol. The highest BCUT2D eigenvalue weighted by atomic mass is 16.5. The van der Waals surface area contributed by atoms with Gasteiger partial charge < -0.3 is 14.7 Å². The molecule has 2 saturated heterocycles. The highest BCUT2D eigenvalue weighted by molar-refractivity contribution is 4.88. The molecule has 0 radical (unpaired) electrons. The van der Waals surface area contributed by atoms with E-state index in [1.807, 2.05) is 0 Å². The molecule has 3 nitrogen and oxygen atoms in total. The van der Waals surface area contributed by atoms with E-state index in [-0.39, 0.29) is 12.0 Å². The summed E-state index contributed by atoms with van der Waals surface area (Å²) in [7, 11) is 0. The molecule has 0 aromatic rings. The van der Waals surface area contributed by atoms with Crippen LogP contribution < -0.4 is 0 Å². The van der Waals surface area contributed by atoms with E-state index in [4.69, 9.17) is 4.74 Å². The fourth-order valence-corrected chi connectivity index (χ4v) is 3.18. The van der Waals surface area contributed by atoms with Crippen molar-refractivity contribution in [2.24, 2.45) is 11.3 Å². The summed E-state index contributed by atoms with van der Waals surface area (Å²) >= 11 is 0. The first-order chi connectivity index (χ1) is 8.28. The highest BCUT2D eigenvalue weighted by Gasteiger charge is 2.39. The molecule has 3 heteroatoms. The highest BCUT2D eigenvalue weighted by Crippen LogP contribution is 2.30. The predicted octanol–water partition coefficient (Wildman–Crippen LogP) is 1.90. The number of rotatable bonds is 5. The molecule has 0 aromatic heterocycles. The Labute approximate surface area is 105 Å². The molecule has 0 saturated carbocycles. The summed E-state index contributed by atoms with van der Waals surface area (Å²) in [4.78, 5) is 2.55. The van der Waals surface area contributed by atoms with Gasteiger partial charge in [-0.15, -0.1) is 0 Å². The molecule has 0 spiro atoms. The zero-order valence-corrected chi connectivity index (χ0v) is 11.2. The largest absolute Gasteiger partial charge is 0.396 e. The molecule has 17 heavy (non-hydrogen) atoms. The number of likely N-dealkylation sites (tertiary alicyclic amines) is 1. The second-order valence-electron chi connectivity index (χ2n) is 6.01. The van der Waals surface area contributed by atoms with Crippen molar-refractivity contribution in [2.75, 3.05) is 39.5 Å². The van der Waals surface area contributed by atoms with Crippen LogP contribution in [0.1, 0.15) is 39.0 Å². The van der Waals surface area contributed by atoms with Gasteiger partial charge in [-0.2, -0.15) is 0 Å². The number of aliphatic hydroxyl groups is 1. The first-order valence-electron chi connectivity index (χ1n) is 7.19. The average molecular weight is 241 g/mol. The first kappa shape index (κ1) is 13.3. The van der Waals surface area contributed by atoms with E-state index >= 15 is 0 Å². The van der Waals surface area contributed by atoms with Crippen LogP contribution in [0.5, 0.6) is 0 Å². The molecule has 2 aliphatic heterocycles. The van der Waals surface area contributed by atoms with Gasteiger partial charge in [-0.3, -0.25) is 0 Å². The molecule has 100 valence electrons. The second kappa shape index (κ2) is 6.17. The van der Waals surface area contributed by atoms with Gasteiger partial charge in [-0.05, 0) is 38.3 Å². The van der Waals surface area contributed by atoms with Gasteiger partial charge >= 0.3 is 0 Å². The zero-order chi connectivity index (χ0) is 12.1. The number of nitrogens with zero attached hydrogens (tertiary/aromatic N) is 1. The number of ether oxygens (including phenoxy) is 1. The molecule has 0 aromatic carbocycles. The zero-order valence-electron chi connectivity index (χ0n) is 11.2. The van der Waals surface area contributed by atoms with Crippen LogP contribution >= 0.6 is 0 Å². The predicted molar refractivity (Wildman–Crippen MR) is 69.0 cm³/mol. The van der Waals surface area contributed by atoms with Crippen molar-refractivity contribution in [2.45, 2.75) is 39.0 Å². The Morgan fingerprint density at radius 2 is 2.12 bits per heavy atom. The summed E-state index contributed by atoms with van der Waals surface area (Å²) in [5, 5.41) is 9.47. The summed E-state index contributed by atoms with van der Waals surface area (Å²) in [6, 6.07) is 0. The van der Waals surface area contributed by atoms with Crippen molar-refractivity contribution < 1.29 is 9.84 Å². The Morgan fingerprint density at radius 1 is 1.29 bits per heavy atom. The Hall–Kier alpha value is -0.120. The maximum Gasteiger partial charge on any atom is 0.0579 e. The van der Waals surface area contributed by atoms with E-state index in [1.165, 1.54) is 45.2 Å². The van der Waals surface area contributed by atoms with Gasteiger partial charge in [0.05, 0.1) is 25.2 Å². The van der Waals surface area contributed by atoms with Crippen LogP contribution in [0.4, 0.5) is 0 Å². The van der Waals surface area contributed by atoms with Crippen LogP contribution in [0.15, 0.2) is 0 Å². The fourth-order valence-electron chi connectivity index (χ4n) is 3.18. The molecule has 0 bridgehead atoms. The molecule has 0 aliphatic carbocycles. The maximum absolute atomic E-state index is 9.47. The lowest BCUT2D eigenvalue weighted by Crippen LogP contribution is -2.53. The van der Waals surface area contributed by atoms with Crippen molar-refractivity contribution >= 4 is 0 Å². The van der Waals surface area contributed by atoms with Crippen LogP contribution in [-0.4, -0.2) is 49.5 Å². The first-order valence-corrected chi connectivity index (χ1v) is 7.19. The van der Waals surface area contributed by atoms with Gasteiger partial charge in [0.1, 0.15) is 0 Å². The third-order valence-electron chi connectivity index (χ3n) is 4.35.